The van der Waals surface area contributed by atoms with E-state index in [1.54, 1.807) is 6.20 Å². The molecule has 0 aliphatic carbocycles. The molecule has 0 bridgehead atoms. The number of nitrogens with one attached hydrogen (secondary N) is 2. The summed E-state index contributed by atoms with van der Waals surface area (Å²) in [5.74, 6) is -0.437. The molecule has 5 rings (SSSR count). The van der Waals surface area contributed by atoms with Crippen LogP contribution in [0.4, 0.5) is 5.69 Å². The molecule has 3 heterocycles. The number of ether oxygens (including phenoxy) is 1. The Kier molecular flexibility index (Phi) is 5.62. The Hall–Kier alpha value is -3.97. The van der Waals surface area contributed by atoms with Crippen LogP contribution in [0.15, 0.2) is 66.9 Å². The van der Waals surface area contributed by atoms with Crippen LogP contribution in [0, 0.1) is 0 Å². The first-order valence-electron chi connectivity index (χ1n) is 10.9. The summed E-state index contributed by atoms with van der Waals surface area (Å²) in [5, 5.41) is 15.6. The lowest BCUT2D eigenvalue weighted by Gasteiger charge is -2.14. The summed E-state index contributed by atoms with van der Waals surface area (Å²) in [6, 6.07) is 18.4. The Labute approximate surface area is 191 Å². The van der Waals surface area contributed by atoms with Crippen molar-refractivity contribution in [3.63, 3.8) is 0 Å². The van der Waals surface area contributed by atoms with Gasteiger partial charge in [0, 0.05) is 40.7 Å². The molecule has 3 aromatic rings. The van der Waals surface area contributed by atoms with E-state index in [4.69, 9.17) is 4.74 Å². The highest BCUT2D eigenvalue weighted by molar-refractivity contribution is 6.36. The van der Waals surface area contributed by atoms with Crippen molar-refractivity contribution in [2.75, 3.05) is 11.9 Å². The van der Waals surface area contributed by atoms with E-state index in [0.717, 1.165) is 33.6 Å². The Morgan fingerprint density at radius 2 is 1.97 bits per heavy atom. The first-order chi connectivity index (χ1) is 16.1. The Morgan fingerprint density at radius 1 is 1.12 bits per heavy atom. The standard InChI is InChI=1S/C26H23N3O4/c30-25-23(20-6-1-2-7-21(20)29-25)24-19-9-8-16(13-17(19)15-33-24)10-12-28-22(26(31)32)14-18-5-3-4-11-27-18/h1-9,11,13,22,28H,10,12,14-15H2,(H,29,30)(H,31,32). The maximum atomic E-state index is 12.6. The molecule has 3 N–H and O–H groups in total. The van der Waals surface area contributed by atoms with Gasteiger partial charge in [-0.25, -0.2) is 0 Å². The van der Waals surface area contributed by atoms with Crippen molar-refractivity contribution in [1.82, 2.24) is 10.3 Å². The van der Waals surface area contributed by atoms with Crippen LogP contribution in [-0.4, -0.2) is 34.6 Å². The lowest BCUT2D eigenvalue weighted by atomic mass is 9.98. The number of benzene rings is 2. The minimum absolute atomic E-state index is 0.153. The van der Waals surface area contributed by atoms with Gasteiger partial charge in [-0.1, -0.05) is 42.5 Å². The van der Waals surface area contributed by atoms with Crippen LogP contribution in [0.25, 0.3) is 11.3 Å². The molecule has 0 radical (unpaired) electrons. The Bertz CT molecular complexity index is 1250. The zero-order valence-corrected chi connectivity index (χ0v) is 17.9. The molecule has 1 unspecified atom stereocenters. The third-order valence-electron chi connectivity index (χ3n) is 5.93. The van der Waals surface area contributed by atoms with Crippen molar-refractivity contribution >= 4 is 28.9 Å². The number of amides is 1. The SMILES string of the molecule is O=C1Nc2ccccc2C1=C1OCc2cc(CCNC(Cc3ccccn3)C(=O)O)ccc21. The third kappa shape index (κ3) is 4.23. The maximum absolute atomic E-state index is 12.6. The topological polar surface area (TPSA) is 101 Å². The number of fused-ring (bicyclic) bond motifs is 2. The van der Waals surface area contributed by atoms with Crippen LogP contribution in [0.1, 0.15) is 27.9 Å². The first-order valence-corrected chi connectivity index (χ1v) is 10.9. The van der Waals surface area contributed by atoms with E-state index >= 15 is 0 Å². The van der Waals surface area contributed by atoms with Gasteiger partial charge in [-0.2, -0.15) is 0 Å². The van der Waals surface area contributed by atoms with Crippen molar-refractivity contribution in [2.45, 2.75) is 25.5 Å². The number of rotatable bonds is 7. The van der Waals surface area contributed by atoms with Crippen LogP contribution in [0.5, 0.6) is 0 Å². The smallest absolute Gasteiger partial charge is 0.321 e. The number of carbonyl (C=O) groups excluding carboxylic acids is 1. The molecule has 2 aliphatic rings. The molecule has 0 saturated carbocycles. The van der Waals surface area contributed by atoms with Crippen LogP contribution in [0.2, 0.25) is 0 Å². The predicted octanol–water partition coefficient (Wildman–Crippen LogP) is 3.26. The lowest BCUT2D eigenvalue weighted by molar-refractivity contribution is -0.139. The zero-order chi connectivity index (χ0) is 22.8. The highest BCUT2D eigenvalue weighted by Gasteiger charge is 2.32. The van der Waals surface area contributed by atoms with E-state index < -0.39 is 12.0 Å². The molecule has 0 spiro atoms. The normalized spacial score (nSPS) is 17.2. The van der Waals surface area contributed by atoms with Crippen molar-refractivity contribution < 1.29 is 19.4 Å². The van der Waals surface area contributed by atoms with E-state index in [1.807, 2.05) is 54.6 Å². The van der Waals surface area contributed by atoms with Crippen LogP contribution < -0.4 is 10.6 Å². The number of para-hydroxylation sites is 1. The number of aliphatic carboxylic acids is 1. The van der Waals surface area contributed by atoms with Gasteiger partial charge in [0.05, 0.1) is 5.57 Å². The summed E-state index contributed by atoms with van der Waals surface area (Å²) in [7, 11) is 0. The number of nitrogens with zero attached hydrogens (tertiary/aromatic N) is 1. The molecule has 166 valence electrons. The fraction of sp³-hybridized carbons (Fsp3) is 0.192. The number of hydrogen-bond donors (Lipinski definition) is 3. The summed E-state index contributed by atoms with van der Waals surface area (Å²) in [4.78, 5) is 28.4. The molecular weight excluding hydrogens is 418 g/mol. The molecule has 1 amide bonds. The van der Waals surface area contributed by atoms with Gasteiger partial charge in [0.1, 0.15) is 18.4 Å². The number of pyridine rings is 1. The van der Waals surface area contributed by atoms with Gasteiger partial charge < -0.3 is 20.5 Å². The number of anilines is 1. The summed E-state index contributed by atoms with van der Waals surface area (Å²) in [6.45, 7) is 0.926. The summed E-state index contributed by atoms with van der Waals surface area (Å²) >= 11 is 0. The van der Waals surface area contributed by atoms with Gasteiger partial charge in [0.25, 0.3) is 5.91 Å². The number of carbonyl (C=O) groups is 2. The van der Waals surface area contributed by atoms with E-state index in [0.29, 0.717) is 37.3 Å². The number of hydrogen-bond acceptors (Lipinski definition) is 5. The molecule has 1 atom stereocenters. The fourth-order valence-electron chi connectivity index (χ4n) is 4.29. The predicted molar refractivity (Wildman–Crippen MR) is 124 cm³/mol. The summed E-state index contributed by atoms with van der Waals surface area (Å²) in [5.41, 5.74) is 5.98. The van der Waals surface area contributed by atoms with Gasteiger partial charge >= 0.3 is 5.97 Å². The van der Waals surface area contributed by atoms with Gasteiger partial charge in [-0.15, -0.1) is 0 Å². The van der Waals surface area contributed by atoms with E-state index in [-0.39, 0.29) is 5.91 Å². The van der Waals surface area contributed by atoms with Crippen LogP contribution in [-0.2, 0) is 33.8 Å². The Morgan fingerprint density at radius 3 is 2.79 bits per heavy atom. The quantitative estimate of drug-likeness (QED) is 0.487. The average molecular weight is 441 g/mol. The molecular formula is C26H23N3O4. The second-order valence-corrected chi connectivity index (χ2v) is 8.10. The number of carboxylic acids is 1. The van der Waals surface area contributed by atoms with Crippen LogP contribution >= 0.6 is 0 Å². The maximum Gasteiger partial charge on any atom is 0.321 e. The van der Waals surface area contributed by atoms with E-state index in [1.165, 1.54) is 0 Å². The lowest BCUT2D eigenvalue weighted by Crippen LogP contribution is -2.39. The van der Waals surface area contributed by atoms with E-state index in [2.05, 4.69) is 21.7 Å². The van der Waals surface area contributed by atoms with Crippen LogP contribution in [0.3, 0.4) is 0 Å². The van der Waals surface area contributed by atoms with Crippen molar-refractivity contribution in [3.8, 4) is 0 Å². The average Bonchev–Trinajstić information content (AvgIpc) is 3.38. The molecule has 7 heteroatoms. The monoisotopic (exact) mass is 441 g/mol. The molecule has 0 fully saturated rings. The second-order valence-electron chi connectivity index (χ2n) is 8.10. The van der Waals surface area contributed by atoms with Gasteiger partial charge in [-0.3, -0.25) is 14.6 Å². The second kappa shape index (κ2) is 8.88. The fourth-order valence-corrected chi connectivity index (χ4v) is 4.29. The zero-order valence-electron chi connectivity index (χ0n) is 17.9. The molecule has 33 heavy (non-hydrogen) atoms. The van der Waals surface area contributed by atoms with E-state index in [9.17, 15) is 14.7 Å². The molecule has 0 saturated heterocycles. The van der Waals surface area contributed by atoms with Crippen molar-refractivity contribution in [3.05, 3.63) is 94.8 Å². The Balaban J connectivity index is 1.28. The molecule has 2 aliphatic heterocycles. The molecule has 2 aromatic carbocycles. The van der Waals surface area contributed by atoms with Crippen molar-refractivity contribution in [1.29, 1.82) is 0 Å². The van der Waals surface area contributed by atoms with Crippen molar-refractivity contribution in [2.24, 2.45) is 0 Å². The van der Waals surface area contributed by atoms with Gasteiger partial charge in [-0.05, 0) is 36.7 Å². The number of carboxylic acid groups (broad SMARTS) is 1. The highest BCUT2D eigenvalue weighted by Crippen LogP contribution is 2.41. The largest absolute Gasteiger partial charge is 0.487 e. The molecule has 7 nitrogen and oxygen atoms in total. The summed E-state index contributed by atoms with van der Waals surface area (Å²) in [6.07, 6.45) is 2.67. The van der Waals surface area contributed by atoms with Gasteiger partial charge in [0.2, 0.25) is 0 Å². The third-order valence-corrected chi connectivity index (χ3v) is 5.93. The first kappa shape index (κ1) is 20.9. The summed E-state index contributed by atoms with van der Waals surface area (Å²) < 4.78 is 5.95. The minimum atomic E-state index is -0.894. The minimum Gasteiger partial charge on any atom is -0.487 e. The van der Waals surface area contributed by atoms with Gasteiger partial charge in [0.15, 0.2) is 0 Å². The molecule has 1 aromatic heterocycles. The number of aromatic nitrogens is 1. The highest BCUT2D eigenvalue weighted by atomic mass is 16.5.